The van der Waals surface area contributed by atoms with E-state index in [4.69, 9.17) is 5.26 Å². The van der Waals surface area contributed by atoms with Crippen LogP contribution in [0.4, 0.5) is 17.6 Å². The van der Waals surface area contributed by atoms with Gasteiger partial charge in [0.2, 0.25) is 0 Å². The van der Waals surface area contributed by atoms with Crippen molar-refractivity contribution in [3.05, 3.63) is 59.4 Å². The number of rotatable bonds is 9. The lowest BCUT2D eigenvalue weighted by molar-refractivity contribution is -0.137. The molecule has 1 aliphatic rings. The lowest BCUT2D eigenvalue weighted by Gasteiger charge is -2.28. The van der Waals surface area contributed by atoms with Gasteiger partial charge in [-0.15, -0.1) is 0 Å². The van der Waals surface area contributed by atoms with Crippen LogP contribution in [0.5, 0.6) is 0 Å². The fraction of sp³-hybridized carbons (Fsp3) is 0.542. The predicted octanol–water partition coefficient (Wildman–Crippen LogP) is 7.94. The van der Waals surface area contributed by atoms with Gasteiger partial charge in [0.25, 0.3) is 0 Å². The molecule has 1 nitrogen and oxygen atoms in total. The molecule has 1 aromatic carbocycles. The van der Waals surface area contributed by atoms with Crippen molar-refractivity contribution in [2.45, 2.75) is 70.4 Å². The van der Waals surface area contributed by atoms with Crippen LogP contribution in [0.3, 0.4) is 0 Å². The average Bonchev–Trinajstić information content (AvgIpc) is 2.71. The minimum absolute atomic E-state index is 0.584. The highest BCUT2D eigenvalue weighted by Crippen LogP contribution is 2.34. The van der Waals surface area contributed by atoms with E-state index >= 15 is 0 Å². The SMILES string of the molecule is N#C/C(F)=C/C=C/CCC1CCC(CCCCc2ccc(C(F)(F)F)cc2)CC1. The van der Waals surface area contributed by atoms with Gasteiger partial charge in [0, 0.05) is 0 Å². The normalized spacial score (nSPS) is 20.7. The molecule has 2 rings (SSSR count). The second kappa shape index (κ2) is 11.8. The first-order chi connectivity index (χ1) is 13.9. The first-order valence-corrected chi connectivity index (χ1v) is 10.5. The highest BCUT2D eigenvalue weighted by molar-refractivity contribution is 5.24. The van der Waals surface area contributed by atoms with E-state index in [0.29, 0.717) is 0 Å². The molecular weight excluding hydrogens is 378 g/mol. The Kier molecular flexibility index (Phi) is 9.44. The van der Waals surface area contributed by atoms with E-state index in [0.717, 1.165) is 49.5 Å². The van der Waals surface area contributed by atoms with Crippen LogP contribution in [0.1, 0.15) is 68.9 Å². The van der Waals surface area contributed by atoms with Crippen molar-refractivity contribution in [3.8, 4) is 6.07 Å². The van der Waals surface area contributed by atoms with E-state index < -0.39 is 17.6 Å². The Morgan fingerprint density at radius 2 is 1.62 bits per heavy atom. The Hall–Kier alpha value is -2.09. The Morgan fingerprint density at radius 3 is 2.21 bits per heavy atom. The number of nitriles is 1. The number of halogens is 4. The van der Waals surface area contributed by atoms with Crippen LogP contribution >= 0.6 is 0 Å². The molecule has 0 saturated heterocycles. The number of allylic oxidation sites excluding steroid dienone is 4. The van der Waals surface area contributed by atoms with Crippen LogP contribution in [0.2, 0.25) is 0 Å². The Balaban J connectivity index is 1.56. The lowest BCUT2D eigenvalue weighted by atomic mass is 9.78. The van der Waals surface area contributed by atoms with Gasteiger partial charge in [0.05, 0.1) is 5.56 Å². The average molecular weight is 407 g/mol. The zero-order valence-corrected chi connectivity index (χ0v) is 16.7. The first kappa shape index (κ1) is 23.2. The minimum Gasteiger partial charge on any atom is -0.195 e. The monoisotopic (exact) mass is 407 g/mol. The Bertz CT molecular complexity index is 702. The summed E-state index contributed by atoms with van der Waals surface area (Å²) < 4.78 is 50.4. The predicted molar refractivity (Wildman–Crippen MR) is 108 cm³/mol. The zero-order valence-electron chi connectivity index (χ0n) is 16.7. The molecule has 0 radical (unpaired) electrons. The van der Waals surface area contributed by atoms with Gasteiger partial charge in [-0.05, 0) is 61.3 Å². The molecule has 0 aromatic heterocycles. The van der Waals surface area contributed by atoms with E-state index in [-0.39, 0.29) is 0 Å². The molecule has 0 spiro atoms. The summed E-state index contributed by atoms with van der Waals surface area (Å²) in [6, 6.07) is 6.97. The van der Waals surface area contributed by atoms with Gasteiger partial charge in [0.1, 0.15) is 6.07 Å². The summed E-state index contributed by atoms with van der Waals surface area (Å²) in [5.74, 6) is 0.731. The quantitative estimate of drug-likeness (QED) is 0.176. The molecule has 158 valence electrons. The highest BCUT2D eigenvalue weighted by Gasteiger charge is 2.29. The maximum absolute atomic E-state index is 12.6. The second-order valence-electron chi connectivity index (χ2n) is 7.96. The molecule has 5 heteroatoms. The van der Waals surface area contributed by atoms with Crippen LogP contribution in [-0.2, 0) is 12.6 Å². The second-order valence-corrected chi connectivity index (χ2v) is 7.96. The largest absolute Gasteiger partial charge is 0.416 e. The molecule has 0 amide bonds. The van der Waals surface area contributed by atoms with Crippen LogP contribution < -0.4 is 0 Å². The van der Waals surface area contributed by atoms with Gasteiger partial charge < -0.3 is 0 Å². The molecule has 29 heavy (non-hydrogen) atoms. The topological polar surface area (TPSA) is 23.8 Å². The molecule has 0 unspecified atom stereocenters. The van der Waals surface area contributed by atoms with Crippen molar-refractivity contribution in [2.75, 3.05) is 0 Å². The van der Waals surface area contributed by atoms with Gasteiger partial charge in [-0.1, -0.05) is 62.8 Å². The third-order valence-electron chi connectivity index (χ3n) is 5.80. The molecule has 0 bridgehead atoms. The third-order valence-corrected chi connectivity index (χ3v) is 5.80. The van der Waals surface area contributed by atoms with Crippen molar-refractivity contribution >= 4 is 0 Å². The van der Waals surface area contributed by atoms with Gasteiger partial charge in [0.15, 0.2) is 5.83 Å². The van der Waals surface area contributed by atoms with Crippen LogP contribution in [-0.4, -0.2) is 0 Å². The number of alkyl halides is 3. The van der Waals surface area contributed by atoms with Gasteiger partial charge in [-0.3, -0.25) is 0 Å². The number of aryl methyl sites for hydroxylation is 1. The zero-order chi connectivity index (χ0) is 21.1. The summed E-state index contributed by atoms with van der Waals surface area (Å²) >= 11 is 0. The molecule has 0 aliphatic heterocycles. The van der Waals surface area contributed by atoms with Crippen LogP contribution in [0.25, 0.3) is 0 Å². The number of unbranched alkanes of at least 4 members (excludes halogenated alkanes) is 1. The standard InChI is InChI=1S/C24H29F4N/c25-23(18-29)9-3-1-2-6-19-10-12-20(13-11-19)7-4-5-8-21-14-16-22(17-15-21)24(26,27)28/h1,3,9,14-17,19-20H,2,4-8,10-13H2/b3-1+,23-9-. The van der Waals surface area contributed by atoms with Crippen molar-refractivity contribution in [1.82, 2.24) is 0 Å². The molecule has 1 aliphatic carbocycles. The van der Waals surface area contributed by atoms with Crippen LogP contribution in [0.15, 0.2) is 48.3 Å². The smallest absolute Gasteiger partial charge is 0.195 e. The Labute approximate surface area is 171 Å². The van der Waals surface area contributed by atoms with Crippen molar-refractivity contribution < 1.29 is 17.6 Å². The van der Waals surface area contributed by atoms with E-state index in [1.54, 1.807) is 18.2 Å². The van der Waals surface area contributed by atoms with Crippen molar-refractivity contribution in [3.63, 3.8) is 0 Å². The van der Waals surface area contributed by atoms with Crippen molar-refractivity contribution in [2.24, 2.45) is 11.8 Å². The summed E-state index contributed by atoms with van der Waals surface area (Å²) in [6.45, 7) is 0. The highest BCUT2D eigenvalue weighted by atomic mass is 19.4. The maximum Gasteiger partial charge on any atom is 0.416 e. The fourth-order valence-corrected chi connectivity index (χ4v) is 4.05. The first-order valence-electron chi connectivity index (χ1n) is 10.5. The molecule has 1 fully saturated rings. The van der Waals surface area contributed by atoms with Gasteiger partial charge >= 0.3 is 6.18 Å². The summed E-state index contributed by atoms with van der Waals surface area (Å²) in [6.07, 6.45) is 11.6. The number of hydrogen-bond acceptors (Lipinski definition) is 1. The van der Waals surface area contributed by atoms with E-state index in [2.05, 4.69) is 0 Å². The molecule has 0 atom stereocenters. The lowest BCUT2D eigenvalue weighted by Crippen LogP contribution is -2.14. The summed E-state index contributed by atoms with van der Waals surface area (Å²) in [7, 11) is 0. The summed E-state index contributed by atoms with van der Waals surface area (Å²) in [5, 5.41) is 8.33. The van der Waals surface area contributed by atoms with E-state index in [1.807, 2.05) is 6.08 Å². The van der Waals surface area contributed by atoms with Crippen molar-refractivity contribution in [1.29, 1.82) is 5.26 Å². The molecule has 1 aromatic rings. The third kappa shape index (κ3) is 8.85. The number of nitrogens with zero attached hydrogens (tertiary/aromatic N) is 1. The van der Waals surface area contributed by atoms with Crippen LogP contribution in [0, 0.1) is 23.2 Å². The number of hydrogen-bond donors (Lipinski definition) is 0. The molecule has 0 heterocycles. The molecule has 0 N–H and O–H groups in total. The van der Waals surface area contributed by atoms with E-state index in [9.17, 15) is 17.6 Å². The van der Waals surface area contributed by atoms with Gasteiger partial charge in [-0.2, -0.15) is 22.8 Å². The summed E-state index contributed by atoms with van der Waals surface area (Å²) in [5.41, 5.74) is 0.388. The molecular formula is C24H29F4N. The Morgan fingerprint density at radius 1 is 1.00 bits per heavy atom. The van der Waals surface area contributed by atoms with E-state index in [1.165, 1.54) is 56.4 Å². The maximum atomic E-state index is 12.6. The molecule has 1 saturated carbocycles. The summed E-state index contributed by atoms with van der Waals surface area (Å²) in [4.78, 5) is 0. The fourth-order valence-electron chi connectivity index (χ4n) is 4.05. The minimum atomic E-state index is -4.26. The number of benzene rings is 1. The van der Waals surface area contributed by atoms with Gasteiger partial charge in [-0.25, -0.2) is 0 Å².